The smallest absolute Gasteiger partial charge is 0.338 e. The van der Waals surface area contributed by atoms with Crippen molar-refractivity contribution < 1.29 is 23.8 Å². The molecule has 0 N–H and O–H groups in total. The van der Waals surface area contributed by atoms with Crippen LogP contribution in [0.3, 0.4) is 0 Å². The second kappa shape index (κ2) is 8.16. The molecule has 0 radical (unpaired) electrons. The third-order valence-corrected chi connectivity index (χ3v) is 4.63. The molecular weight excluding hydrogens is 388 g/mol. The van der Waals surface area contributed by atoms with Crippen molar-refractivity contribution in [1.82, 2.24) is 0 Å². The lowest BCUT2D eigenvalue weighted by molar-refractivity contribution is 0.0474. The first-order chi connectivity index (χ1) is 11.9. The Kier molecular flexibility index (Phi) is 6.20. The molecule has 5 nitrogen and oxygen atoms in total. The van der Waals surface area contributed by atoms with Gasteiger partial charge in [0.2, 0.25) is 0 Å². The second-order valence-electron chi connectivity index (χ2n) is 5.49. The maximum Gasteiger partial charge on any atom is 0.338 e. The number of rotatable bonds is 6. The van der Waals surface area contributed by atoms with Crippen molar-refractivity contribution in [2.24, 2.45) is 0 Å². The molecule has 0 fully saturated rings. The van der Waals surface area contributed by atoms with Gasteiger partial charge in [-0.05, 0) is 59.1 Å². The van der Waals surface area contributed by atoms with Crippen LogP contribution in [-0.2, 0) is 4.74 Å². The number of methoxy groups -OCH3 is 2. The molecule has 25 heavy (non-hydrogen) atoms. The van der Waals surface area contributed by atoms with Gasteiger partial charge in [-0.2, -0.15) is 0 Å². The highest BCUT2D eigenvalue weighted by atomic mass is 79.9. The fourth-order valence-electron chi connectivity index (χ4n) is 2.20. The van der Waals surface area contributed by atoms with Gasteiger partial charge in [-0.1, -0.05) is 12.1 Å². The highest BCUT2D eigenvalue weighted by Gasteiger charge is 2.17. The van der Waals surface area contributed by atoms with Crippen LogP contribution in [0.2, 0.25) is 0 Å². The molecule has 0 aliphatic heterocycles. The number of ether oxygens (including phenoxy) is 3. The fraction of sp³-hybridized carbons (Fsp3) is 0.263. The van der Waals surface area contributed by atoms with Crippen LogP contribution < -0.4 is 9.47 Å². The Balaban J connectivity index is 2.12. The number of carbonyl (C=O) groups is 2. The molecule has 132 valence electrons. The van der Waals surface area contributed by atoms with Gasteiger partial charge in [0.15, 0.2) is 12.4 Å². The average molecular weight is 407 g/mol. The summed E-state index contributed by atoms with van der Waals surface area (Å²) >= 11 is 3.33. The van der Waals surface area contributed by atoms with Crippen molar-refractivity contribution in [3.05, 3.63) is 57.1 Å². The van der Waals surface area contributed by atoms with E-state index >= 15 is 0 Å². The van der Waals surface area contributed by atoms with E-state index in [0.29, 0.717) is 21.5 Å². The van der Waals surface area contributed by atoms with Crippen LogP contribution in [0.4, 0.5) is 0 Å². The normalized spacial score (nSPS) is 10.3. The Hall–Kier alpha value is -2.34. The summed E-state index contributed by atoms with van der Waals surface area (Å²) in [7, 11) is 2.97. The number of ketones is 1. The summed E-state index contributed by atoms with van der Waals surface area (Å²) in [6.07, 6.45) is 0. The zero-order valence-corrected chi connectivity index (χ0v) is 16.1. The standard InChI is InChI=1S/C19H19BrO5/c1-11-5-6-13(7-12(11)2)15(21)10-25-19(22)14-8-16(23-3)18(20)17(9-14)24-4/h5-9H,10H2,1-4H3. The van der Waals surface area contributed by atoms with Crippen molar-refractivity contribution in [3.63, 3.8) is 0 Å². The van der Waals surface area contributed by atoms with Gasteiger partial charge in [0.1, 0.15) is 16.0 Å². The van der Waals surface area contributed by atoms with Crippen LogP contribution in [0.15, 0.2) is 34.8 Å². The predicted octanol–water partition coefficient (Wildman–Crippen LogP) is 4.12. The molecule has 0 atom stereocenters. The van der Waals surface area contributed by atoms with Crippen molar-refractivity contribution in [2.45, 2.75) is 13.8 Å². The zero-order chi connectivity index (χ0) is 18.6. The number of carbonyl (C=O) groups excluding carboxylic acids is 2. The Labute approximate surface area is 155 Å². The first-order valence-electron chi connectivity index (χ1n) is 7.56. The van der Waals surface area contributed by atoms with E-state index in [1.54, 1.807) is 12.1 Å². The van der Waals surface area contributed by atoms with Crippen molar-refractivity contribution in [2.75, 3.05) is 20.8 Å². The van der Waals surface area contributed by atoms with Gasteiger partial charge in [0, 0.05) is 5.56 Å². The molecule has 2 aromatic carbocycles. The molecule has 0 aromatic heterocycles. The maximum absolute atomic E-state index is 12.2. The van der Waals surface area contributed by atoms with E-state index in [4.69, 9.17) is 14.2 Å². The predicted molar refractivity (Wildman–Crippen MR) is 97.8 cm³/mol. The Morgan fingerprint density at radius 1 is 0.920 bits per heavy atom. The third-order valence-electron chi connectivity index (χ3n) is 3.84. The van der Waals surface area contributed by atoms with Gasteiger partial charge in [0.25, 0.3) is 0 Å². The number of esters is 1. The lowest BCUT2D eigenvalue weighted by Crippen LogP contribution is -2.14. The summed E-state index contributed by atoms with van der Waals surface area (Å²) in [6.45, 7) is 3.57. The number of hydrogen-bond donors (Lipinski definition) is 0. The van der Waals surface area contributed by atoms with Gasteiger partial charge in [-0.15, -0.1) is 0 Å². The third kappa shape index (κ3) is 4.39. The zero-order valence-electron chi connectivity index (χ0n) is 14.5. The number of benzene rings is 2. The highest BCUT2D eigenvalue weighted by molar-refractivity contribution is 9.10. The maximum atomic E-state index is 12.2. The highest BCUT2D eigenvalue weighted by Crippen LogP contribution is 2.35. The fourth-order valence-corrected chi connectivity index (χ4v) is 2.75. The number of halogens is 1. The molecule has 2 aromatic rings. The summed E-state index contributed by atoms with van der Waals surface area (Å²) in [5.41, 5.74) is 2.87. The Morgan fingerprint density at radius 2 is 1.52 bits per heavy atom. The topological polar surface area (TPSA) is 61.8 Å². The van der Waals surface area contributed by atoms with Crippen LogP contribution in [0, 0.1) is 13.8 Å². The molecule has 0 spiro atoms. The first-order valence-corrected chi connectivity index (χ1v) is 8.35. The molecule has 0 bridgehead atoms. The molecular formula is C19H19BrO5. The quantitative estimate of drug-likeness (QED) is 0.533. The lowest BCUT2D eigenvalue weighted by Gasteiger charge is -2.11. The van der Waals surface area contributed by atoms with Gasteiger partial charge < -0.3 is 14.2 Å². The van der Waals surface area contributed by atoms with E-state index in [-0.39, 0.29) is 18.0 Å². The van der Waals surface area contributed by atoms with Gasteiger partial charge in [-0.3, -0.25) is 4.79 Å². The van der Waals surface area contributed by atoms with Gasteiger partial charge in [-0.25, -0.2) is 4.79 Å². The van der Waals surface area contributed by atoms with Crippen molar-refractivity contribution in [1.29, 1.82) is 0 Å². The second-order valence-corrected chi connectivity index (χ2v) is 6.29. The molecule has 0 saturated heterocycles. The first kappa shape index (κ1) is 19.0. The van der Waals surface area contributed by atoms with Crippen molar-refractivity contribution >= 4 is 27.7 Å². The van der Waals surface area contributed by atoms with Gasteiger partial charge in [0.05, 0.1) is 19.8 Å². The van der Waals surface area contributed by atoms with Crippen LogP contribution in [0.25, 0.3) is 0 Å². The number of hydrogen-bond acceptors (Lipinski definition) is 5. The largest absolute Gasteiger partial charge is 0.495 e. The van der Waals surface area contributed by atoms with Crippen LogP contribution in [0.1, 0.15) is 31.8 Å². The van der Waals surface area contributed by atoms with E-state index < -0.39 is 5.97 Å². The summed E-state index contributed by atoms with van der Waals surface area (Å²) in [5, 5.41) is 0. The van der Waals surface area contributed by atoms with E-state index in [1.807, 2.05) is 19.9 Å². The SMILES string of the molecule is COc1cc(C(=O)OCC(=O)c2ccc(C)c(C)c2)cc(OC)c1Br. The molecule has 0 aliphatic carbocycles. The van der Waals surface area contributed by atoms with Crippen LogP contribution in [0.5, 0.6) is 11.5 Å². The van der Waals surface area contributed by atoms with E-state index in [9.17, 15) is 9.59 Å². The molecule has 0 amide bonds. The average Bonchev–Trinajstić information content (AvgIpc) is 2.61. The van der Waals surface area contributed by atoms with E-state index in [1.165, 1.54) is 26.4 Å². The lowest BCUT2D eigenvalue weighted by atomic mass is 10.0. The molecule has 0 heterocycles. The molecule has 6 heteroatoms. The Morgan fingerprint density at radius 3 is 2.04 bits per heavy atom. The van der Waals surface area contributed by atoms with Crippen LogP contribution >= 0.6 is 15.9 Å². The minimum absolute atomic E-state index is 0.241. The number of aryl methyl sites for hydroxylation is 2. The van der Waals surface area contributed by atoms with Gasteiger partial charge >= 0.3 is 5.97 Å². The van der Waals surface area contributed by atoms with E-state index in [2.05, 4.69) is 15.9 Å². The summed E-state index contributed by atoms with van der Waals surface area (Å²) in [5.74, 6) is -0.00709. The van der Waals surface area contributed by atoms with Crippen LogP contribution in [-0.4, -0.2) is 32.6 Å². The molecule has 0 unspecified atom stereocenters. The van der Waals surface area contributed by atoms with E-state index in [0.717, 1.165) is 11.1 Å². The molecule has 0 aliphatic rings. The minimum Gasteiger partial charge on any atom is -0.495 e. The number of Topliss-reactive ketones (excluding diaryl/α,β-unsaturated/α-hetero) is 1. The molecule has 0 saturated carbocycles. The summed E-state index contributed by atoms with van der Waals surface area (Å²) < 4.78 is 16.1. The Bertz CT molecular complexity index is 788. The minimum atomic E-state index is -0.624. The van der Waals surface area contributed by atoms with Crippen molar-refractivity contribution in [3.8, 4) is 11.5 Å². The summed E-state index contributed by atoms with van der Waals surface area (Å²) in [4.78, 5) is 24.5. The monoisotopic (exact) mass is 406 g/mol. The molecule has 2 rings (SSSR count). The summed E-state index contributed by atoms with van der Waals surface area (Å²) in [6, 6.07) is 8.43.